The monoisotopic (exact) mass is 272 g/mol. The van der Waals surface area contributed by atoms with Crippen LogP contribution in [0.5, 0.6) is 0 Å². The normalized spacial score (nSPS) is 21.2. The lowest BCUT2D eigenvalue weighted by Crippen LogP contribution is -2.52. The zero-order chi connectivity index (χ0) is 14.4. The average Bonchev–Trinajstić information content (AvgIpc) is 2.62. The van der Waals surface area contributed by atoms with Gasteiger partial charge in [-0.3, -0.25) is 0 Å². The van der Waals surface area contributed by atoms with Gasteiger partial charge >= 0.3 is 18.0 Å². The molecule has 0 aromatic carbocycles. The molecule has 2 amide bonds. The van der Waals surface area contributed by atoms with Crippen molar-refractivity contribution in [1.29, 1.82) is 0 Å². The minimum absolute atomic E-state index is 0.386. The van der Waals surface area contributed by atoms with Crippen molar-refractivity contribution in [1.82, 2.24) is 10.2 Å². The molecule has 108 valence electrons. The van der Waals surface area contributed by atoms with E-state index in [2.05, 4.69) is 10.1 Å². The Morgan fingerprint density at radius 1 is 1.32 bits per heavy atom. The largest absolute Gasteiger partial charge is 0.480 e. The van der Waals surface area contributed by atoms with E-state index >= 15 is 0 Å². The zero-order valence-corrected chi connectivity index (χ0v) is 11.2. The molecule has 0 aromatic heterocycles. The van der Waals surface area contributed by atoms with Gasteiger partial charge in [0.15, 0.2) is 0 Å². The summed E-state index contributed by atoms with van der Waals surface area (Å²) in [6, 6.07) is -2.16. The lowest BCUT2D eigenvalue weighted by molar-refractivity contribution is -0.142. The fraction of sp³-hybridized carbons (Fsp3) is 0.750. The van der Waals surface area contributed by atoms with E-state index in [9.17, 15) is 14.4 Å². The van der Waals surface area contributed by atoms with Crippen molar-refractivity contribution in [2.45, 2.75) is 44.7 Å². The first kappa shape index (κ1) is 15.3. The van der Waals surface area contributed by atoms with Gasteiger partial charge in [-0.15, -0.1) is 0 Å². The molecule has 0 bridgehead atoms. The summed E-state index contributed by atoms with van der Waals surface area (Å²) in [6.07, 6.45) is 2.90. The lowest BCUT2D eigenvalue weighted by atomic mass is 10.1. The van der Waals surface area contributed by atoms with E-state index < -0.39 is 30.1 Å². The molecule has 2 N–H and O–H groups in total. The summed E-state index contributed by atoms with van der Waals surface area (Å²) >= 11 is 0. The van der Waals surface area contributed by atoms with Crippen molar-refractivity contribution in [3.8, 4) is 0 Å². The Kier molecular flexibility index (Phi) is 5.59. The Labute approximate surface area is 111 Å². The molecule has 2 unspecified atom stereocenters. The SMILES string of the molecule is COC(=O)C(C)NC(=O)N1CCCCCC1C(=O)O. The first-order valence-corrected chi connectivity index (χ1v) is 6.35. The first-order chi connectivity index (χ1) is 8.97. The van der Waals surface area contributed by atoms with Crippen LogP contribution in [0.25, 0.3) is 0 Å². The van der Waals surface area contributed by atoms with Crippen LogP contribution in [-0.2, 0) is 14.3 Å². The van der Waals surface area contributed by atoms with Gasteiger partial charge in [-0.25, -0.2) is 14.4 Å². The molecule has 7 heteroatoms. The summed E-state index contributed by atoms with van der Waals surface area (Å²) < 4.78 is 4.51. The van der Waals surface area contributed by atoms with Gasteiger partial charge in [0.25, 0.3) is 0 Å². The van der Waals surface area contributed by atoms with E-state index in [-0.39, 0.29) is 0 Å². The molecule has 1 fully saturated rings. The summed E-state index contributed by atoms with van der Waals surface area (Å²) in [5, 5.41) is 11.6. The number of carbonyl (C=O) groups is 3. The fourth-order valence-electron chi connectivity index (χ4n) is 2.11. The van der Waals surface area contributed by atoms with Crippen LogP contribution in [0, 0.1) is 0 Å². The van der Waals surface area contributed by atoms with E-state index in [0.717, 1.165) is 19.3 Å². The minimum atomic E-state index is -1.01. The van der Waals surface area contributed by atoms with Crippen LogP contribution in [0.2, 0.25) is 0 Å². The number of amides is 2. The van der Waals surface area contributed by atoms with Gasteiger partial charge in [-0.05, 0) is 19.8 Å². The van der Waals surface area contributed by atoms with Crippen LogP contribution >= 0.6 is 0 Å². The van der Waals surface area contributed by atoms with Gasteiger partial charge < -0.3 is 20.1 Å². The van der Waals surface area contributed by atoms with E-state index in [1.807, 2.05) is 0 Å². The van der Waals surface area contributed by atoms with Crippen molar-refractivity contribution < 1.29 is 24.2 Å². The predicted octanol–water partition coefficient (Wildman–Crippen LogP) is 0.587. The third-order valence-corrected chi connectivity index (χ3v) is 3.19. The second-order valence-electron chi connectivity index (χ2n) is 4.59. The van der Waals surface area contributed by atoms with Crippen molar-refractivity contribution in [3.05, 3.63) is 0 Å². The first-order valence-electron chi connectivity index (χ1n) is 6.35. The van der Waals surface area contributed by atoms with Crippen molar-refractivity contribution in [2.75, 3.05) is 13.7 Å². The van der Waals surface area contributed by atoms with E-state index in [4.69, 9.17) is 5.11 Å². The lowest BCUT2D eigenvalue weighted by Gasteiger charge is -2.28. The number of likely N-dealkylation sites (tertiary alicyclic amines) is 1. The maximum Gasteiger partial charge on any atom is 0.328 e. The Hall–Kier alpha value is -1.79. The number of carbonyl (C=O) groups excluding carboxylic acids is 2. The third-order valence-electron chi connectivity index (χ3n) is 3.19. The Morgan fingerprint density at radius 2 is 2.00 bits per heavy atom. The van der Waals surface area contributed by atoms with Crippen molar-refractivity contribution >= 4 is 18.0 Å². The fourth-order valence-corrected chi connectivity index (χ4v) is 2.11. The summed E-state index contributed by atoms with van der Waals surface area (Å²) in [5.74, 6) is -1.57. The maximum absolute atomic E-state index is 12.0. The molecular formula is C12H20N2O5. The minimum Gasteiger partial charge on any atom is -0.480 e. The second-order valence-corrected chi connectivity index (χ2v) is 4.59. The number of hydrogen-bond acceptors (Lipinski definition) is 4. The highest BCUT2D eigenvalue weighted by atomic mass is 16.5. The molecule has 0 aliphatic carbocycles. The molecule has 2 atom stereocenters. The summed E-state index contributed by atoms with van der Waals surface area (Å²) in [7, 11) is 1.23. The molecule has 1 aliphatic heterocycles. The number of rotatable bonds is 3. The van der Waals surface area contributed by atoms with Crippen molar-refractivity contribution in [3.63, 3.8) is 0 Å². The highest BCUT2D eigenvalue weighted by Gasteiger charge is 2.32. The van der Waals surface area contributed by atoms with E-state index in [0.29, 0.717) is 13.0 Å². The average molecular weight is 272 g/mol. The number of nitrogens with one attached hydrogen (secondary N) is 1. The van der Waals surface area contributed by atoms with Gasteiger partial charge in [0, 0.05) is 6.54 Å². The quantitative estimate of drug-likeness (QED) is 0.733. The number of ether oxygens (including phenoxy) is 1. The number of carboxylic acid groups (broad SMARTS) is 1. The number of esters is 1. The second kappa shape index (κ2) is 6.96. The van der Waals surface area contributed by atoms with E-state index in [1.54, 1.807) is 0 Å². The molecule has 1 rings (SSSR count). The summed E-state index contributed by atoms with van der Waals surface area (Å²) in [6.45, 7) is 1.88. The molecule has 7 nitrogen and oxygen atoms in total. The van der Waals surface area contributed by atoms with Crippen LogP contribution in [0.1, 0.15) is 32.6 Å². The summed E-state index contributed by atoms with van der Waals surface area (Å²) in [4.78, 5) is 35.8. The van der Waals surface area contributed by atoms with Gasteiger partial charge in [-0.2, -0.15) is 0 Å². The van der Waals surface area contributed by atoms with Gasteiger partial charge in [0.2, 0.25) is 0 Å². The molecule has 0 aromatic rings. The number of aliphatic carboxylic acids is 1. The number of carboxylic acids is 1. The number of hydrogen-bond donors (Lipinski definition) is 2. The Balaban J connectivity index is 2.70. The predicted molar refractivity (Wildman–Crippen MR) is 66.6 cm³/mol. The molecule has 1 aliphatic rings. The van der Waals surface area contributed by atoms with Crippen LogP contribution in [-0.4, -0.2) is 53.7 Å². The molecule has 1 saturated heterocycles. The van der Waals surface area contributed by atoms with Crippen LogP contribution in [0.15, 0.2) is 0 Å². The molecule has 0 saturated carbocycles. The Bertz CT molecular complexity index is 358. The maximum atomic E-state index is 12.0. The number of nitrogens with zero attached hydrogens (tertiary/aromatic N) is 1. The highest BCUT2D eigenvalue weighted by molar-refractivity contribution is 5.86. The topological polar surface area (TPSA) is 95.9 Å². The van der Waals surface area contributed by atoms with Gasteiger partial charge in [-0.1, -0.05) is 12.8 Å². The molecular weight excluding hydrogens is 252 g/mol. The number of urea groups is 1. The van der Waals surface area contributed by atoms with E-state index in [1.165, 1.54) is 18.9 Å². The molecule has 0 spiro atoms. The smallest absolute Gasteiger partial charge is 0.328 e. The van der Waals surface area contributed by atoms with Crippen LogP contribution < -0.4 is 5.32 Å². The molecule has 19 heavy (non-hydrogen) atoms. The Morgan fingerprint density at radius 3 is 2.58 bits per heavy atom. The van der Waals surface area contributed by atoms with Crippen molar-refractivity contribution in [2.24, 2.45) is 0 Å². The third kappa shape index (κ3) is 4.11. The highest BCUT2D eigenvalue weighted by Crippen LogP contribution is 2.17. The zero-order valence-electron chi connectivity index (χ0n) is 11.2. The van der Waals surface area contributed by atoms with Crippen LogP contribution in [0.3, 0.4) is 0 Å². The summed E-state index contributed by atoms with van der Waals surface area (Å²) in [5.41, 5.74) is 0. The molecule has 1 heterocycles. The van der Waals surface area contributed by atoms with Gasteiger partial charge in [0.1, 0.15) is 12.1 Å². The van der Waals surface area contributed by atoms with Gasteiger partial charge in [0.05, 0.1) is 7.11 Å². The van der Waals surface area contributed by atoms with Crippen LogP contribution in [0.4, 0.5) is 4.79 Å². The number of methoxy groups -OCH3 is 1. The standard InChI is InChI=1S/C12H20N2O5/c1-8(11(17)19-2)13-12(18)14-7-5-3-4-6-9(14)10(15)16/h8-9H,3-7H2,1-2H3,(H,13,18)(H,15,16). The molecule has 0 radical (unpaired) electrons.